The van der Waals surface area contributed by atoms with Crippen LogP contribution in [0, 0.1) is 0 Å². The Bertz CT molecular complexity index is 760. The number of morpholine rings is 2. The zero-order valence-electron chi connectivity index (χ0n) is 15.5. The molecule has 4 rings (SSSR count). The second-order valence-corrected chi connectivity index (χ2v) is 6.81. The first-order valence-corrected chi connectivity index (χ1v) is 9.36. The Labute approximate surface area is 162 Å². The number of rotatable bonds is 4. The zero-order valence-corrected chi connectivity index (χ0v) is 15.5. The van der Waals surface area contributed by atoms with E-state index in [1.165, 1.54) is 12.3 Å². The molecule has 0 radical (unpaired) electrons. The smallest absolute Gasteiger partial charge is 0.264 e. The molecule has 1 aromatic heterocycles. The third-order valence-corrected chi connectivity index (χ3v) is 5.02. The van der Waals surface area contributed by atoms with Gasteiger partial charge in [-0.1, -0.05) is 0 Å². The molecule has 1 atom stereocenters. The van der Waals surface area contributed by atoms with Crippen molar-refractivity contribution < 1.29 is 18.3 Å². The maximum Gasteiger partial charge on any atom is 0.264 e. The normalized spacial score (nSPS) is 24.0. The number of anilines is 1. The minimum absolute atomic E-state index is 0.0655. The molecule has 0 aliphatic carbocycles. The number of hydrogen-bond acceptors (Lipinski definition) is 8. The van der Waals surface area contributed by atoms with E-state index in [1.807, 2.05) is 0 Å². The Morgan fingerprint density at radius 1 is 1.11 bits per heavy atom. The lowest BCUT2D eigenvalue weighted by Gasteiger charge is -2.39. The maximum atomic E-state index is 13.6. The quantitative estimate of drug-likeness (QED) is 0.780. The highest BCUT2D eigenvalue weighted by molar-refractivity contribution is 6.10. The van der Waals surface area contributed by atoms with Crippen LogP contribution >= 0.6 is 0 Å². The van der Waals surface area contributed by atoms with E-state index in [-0.39, 0.29) is 17.7 Å². The number of allylic oxidation sites excluding steroid dienone is 1. The Morgan fingerprint density at radius 2 is 1.79 bits per heavy atom. The Hall–Kier alpha value is -2.30. The van der Waals surface area contributed by atoms with Crippen molar-refractivity contribution in [3.8, 4) is 0 Å². The molecular formula is C18H24F2N6O2. The summed E-state index contributed by atoms with van der Waals surface area (Å²) >= 11 is 0. The molecular weight excluding hydrogens is 370 g/mol. The topological polar surface area (TPSA) is 88.2 Å². The number of hydrogen-bond donors (Lipinski definition) is 2. The van der Waals surface area contributed by atoms with Crippen LogP contribution in [0.1, 0.15) is 17.6 Å². The first kappa shape index (κ1) is 19.0. The van der Waals surface area contributed by atoms with Gasteiger partial charge >= 0.3 is 0 Å². The molecule has 3 N–H and O–H groups in total. The van der Waals surface area contributed by atoms with Crippen molar-refractivity contribution in [3.63, 3.8) is 0 Å². The van der Waals surface area contributed by atoms with Gasteiger partial charge in [-0.3, -0.25) is 4.90 Å². The lowest BCUT2D eigenvalue weighted by molar-refractivity contribution is 0.00654. The fraction of sp³-hybridized carbons (Fsp3) is 0.556. The molecule has 4 heterocycles. The molecule has 1 aromatic rings. The van der Waals surface area contributed by atoms with Gasteiger partial charge in [-0.25, -0.2) is 18.8 Å². The molecule has 0 saturated carbocycles. The largest absolute Gasteiger partial charge is 0.384 e. The minimum Gasteiger partial charge on any atom is -0.384 e. The average Bonchev–Trinajstić information content (AvgIpc) is 2.74. The van der Waals surface area contributed by atoms with E-state index in [2.05, 4.69) is 20.1 Å². The second kappa shape index (κ2) is 8.38. The van der Waals surface area contributed by atoms with Crippen molar-refractivity contribution in [1.29, 1.82) is 0 Å². The average molecular weight is 394 g/mol. The summed E-state index contributed by atoms with van der Waals surface area (Å²) in [5, 5.41) is 3.43. The fourth-order valence-electron chi connectivity index (χ4n) is 3.52. The highest BCUT2D eigenvalue weighted by Gasteiger charge is 2.29. The minimum atomic E-state index is -2.67. The first-order chi connectivity index (χ1) is 13.6. The standard InChI is InChI=1S/C18H24F2N6O2/c19-17(20)12-9-15(21)22-11-13(12)14-10-16(25-1-5-27-6-2-25)24-18(23-14)26-3-7-28-8-4-26/h9-11,17-18,24H,1-8H2,(H2,21,22). The molecule has 0 bridgehead atoms. The highest BCUT2D eigenvalue weighted by atomic mass is 19.3. The number of nitrogens with one attached hydrogen (secondary N) is 1. The van der Waals surface area contributed by atoms with Gasteiger partial charge in [0.25, 0.3) is 6.43 Å². The van der Waals surface area contributed by atoms with Gasteiger partial charge in [-0.15, -0.1) is 0 Å². The Kier molecular flexibility index (Phi) is 5.69. The van der Waals surface area contributed by atoms with Gasteiger partial charge in [0, 0.05) is 49.6 Å². The zero-order chi connectivity index (χ0) is 19.5. The van der Waals surface area contributed by atoms with Crippen molar-refractivity contribution in [1.82, 2.24) is 20.1 Å². The van der Waals surface area contributed by atoms with Crippen LogP contribution in [0.4, 0.5) is 14.6 Å². The third-order valence-electron chi connectivity index (χ3n) is 5.02. The van der Waals surface area contributed by atoms with Crippen LogP contribution in [0.5, 0.6) is 0 Å². The lowest BCUT2D eigenvalue weighted by Crippen LogP contribution is -2.54. The maximum absolute atomic E-state index is 13.6. The molecule has 2 fully saturated rings. The third kappa shape index (κ3) is 4.08. The molecule has 1 unspecified atom stereocenters. The van der Waals surface area contributed by atoms with E-state index in [9.17, 15) is 8.78 Å². The van der Waals surface area contributed by atoms with Crippen LogP contribution < -0.4 is 11.1 Å². The van der Waals surface area contributed by atoms with Gasteiger partial charge in [-0.2, -0.15) is 0 Å². The summed E-state index contributed by atoms with van der Waals surface area (Å²) in [4.78, 5) is 13.0. The van der Waals surface area contributed by atoms with Gasteiger partial charge in [0.05, 0.1) is 32.1 Å². The van der Waals surface area contributed by atoms with E-state index in [0.29, 0.717) is 50.8 Å². The number of ether oxygens (including phenoxy) is 2. The first-order valence-electron chi connectivity index (χ1n) is 9.36. The monoisotopic (exact) mass is 394 g/mol. The molecule has 2 saturated heterocycles. The molecule has 10 heteroatoms. The summed E-state index contributed by atoms with van der Waals surface area (Å²) in [5.74, 6) is 0.914. The van der Waals surface area contributed by atoms with Gasteiger partial charge in [0.2, 0.25) is 0 Å². The van der Waals surface area contributed by atoms with Crippen molar-refractivity contribution >= 4 is 11.5 Å². The molecule has 3 aliphatic heterocycles. The highest BCUT2D eigenvalue weighted by Crippen LogP contribution is 2.27. The Morgan fingerprint density at radius 3 is 2.46 bits per heavy atom. The van der Waals surface area contributed by atoms with E-state index < -0.39 is 6.43 Å². The summed E-state index contributed by atoms with van der Waals surface area (Å²) in [6, 6.07) is 1.22. The molecule has 3 aliphatic rings. The number of halogens is 2. The van der Waals surface area contributed by atoms with Gasteiger partial charge < -0.3 is 25.4 Å². The Balaban J connectivity index is 1.71. The molecule has 8 nitrogen and oxygen atoms in total. The lowest BCUT2D eigenvalue weighted by atomic mass is 10.0. The van der Waals surface area contributed by atoms with Crippen molar-refractivity contribution in [2.45, 2.75) is 12.7 Å². The number of pyridine rings is 1. The summed E-state index contributed by atoms with van der Waals surface area (Å²) < 4.78 is 38.1. The van der Waals surface area contributed by atoms with Crippen LogP contribution in [0.15, 0.2) is 29.2 Å². The number of alkyl halides is 2. The molecule has 152 valence electrons. The van der Waals surface area contributed by atoms with E-state index in [1.54, 1.807) is 6.08 Å². The molecule has 0 spiro atoms. The summed E-state index contributed by atoms with van der Waals surface area (Å²) in [6.45, 7) is 5.36. The summed E-state index contributed by atoms with van der Waals surface area (Å²) in [5.41, 5.74) is 6.24. The van der Waals surface area contributed by atoms with E-state index in [4.69, 9.17) is 20.2 Å². The van der Waals surface area contributed by atoms with Crippen molar-refractivity contribution in [2.24, 2.45) is 4.99 Å². The second-order valence-electron chi connectivity index (χ2n) is 6.81. The van der Waals surface area contributed by atoms with Gasteiger partial charge in [-0.05, 0) is 6.07 Å². The number of nitrogens with zero attached hydrogens (tertiary/aromatic N) is 4. The number of nitrogens with two attached hydrogens (primary N) is 1. The van der Waals surface area contributed by atoms with Gasteiger partial charge in [0.1, 0.15) is 11.6 Å². The number of aromatic nitrogens is 1. The van der Waals surface area contributed by atoms with E-state index in [0.717, 1.165) is 18.9 Å². The summed E-state index contributed by atoms with van der Waals surface area (Å²) in [6.07, 6.45) is 0.163. The van der Waals surface area contributed by atoms with Crippen LogP contribution in [0.3, 0.4) is 0 Å². The SMILES string of the molecule is Nc1cc(C(F)F)c(C2=NC(N3CCOCC3)NC(N3CCOCC3)=C2)cn1. The molecule has 28 heavy (non-hydrogen) atoms. The van der Waals surface area contributed by atoms with E-state index >= 15 is 0 Å². The number of nitrogen functional groups attached to an aromatic ring is 1. The van der Waals surface area contributed by atoms with Crippen LogP contribution in [-0.4, -0.2) is 79.4 Å². The fourth-order valence-corrected chi connectivity index (χ4v) is 3.52. The molecule has 0 amide bonds. The summed E-state index contributed by atoms with van der Waals surface area (Å²) in [7, 11) is 0. The van der Waals surface area contributed by atoms with Crippen molar-refractivity contribution in [2.75, 3.05) is 58.3 Å². The predicted octanol–water partition coefficient (Wildman–Crippen LogP) is 0.783. The van der Waals surface area contributed by atoms with Crippen LogP contribution in [-0.2, 0) is 9.47 Å². The van der Waals surface area contributed by atoms with Crippen LogP contribution in [0.2, 0.25) is 0 Å². The van der Waals surface area contributed by atoms with Gasteiger partial charge in [0.15, 0.2) is 6.29 Å². The number of aliphatic imine (C=N–C) groups is 1. The van der Waals surface area contributed by atoms with Crippen molar-refractivity contribution in [3.05, 3.63) is 35.3 Å². The van der Waals surface area contributed by atoms with Crippen LogP contribution in [0.25, 0.3) is 0 Å². The molecule has 0 aromatic carbocycles. The predicted molar refractivity (Wildman–Crippen MR) is 99.9 cm³/mol.